The number of benzene rings is 1. The Labute approximate surface area is 147 Å². The van der Waals surface area contributed by atoms with E-state index in [1.807, 2.05) is 17.2 Å². The van der Waals surface area contributed by atoms with Gasteiger partial charge in [0.1, 0.15) is 5.69 Å². The number of hydrogen-bond acceptors (Lipinski definition) is 3. The lowest BCUT2D eigenvalue weighted by atomic mass is 9.91. The van der Waals surface area contributed by atoms with Gasteiger partial charge in [-0.1, -0.05) is 29.8 Å². The second-order valence-corrected chi connectivity index (χ2v) is 6.90. The Morgan fingerprint density at radius 2 is 2.12 bits per heavy atom. The third kappa shape index (κ3) is 3.40. The molecule has 0 aliphatic carbocycles. The molecule has 1 atom stereocenters. The Hall–Kier alpha value is -2.69. The van der Waals surface area contributed by atoms with Crippen LogP contribution in [-0.4, -0.2) is 38.3 Å². The summed E-state index contributed by atoms with van der Waals surface area (Å²) in [6, 6.07) is 10.5. The van der Waals surface area contributed by atoms with E-state index in [0.717, 1.165) is 25.9 Å². The molecule has 1 fully saturated rings. The Kier molecular flexibility index (Phi) is 4.22. The van der Waals surface area contributed by atoms with Gasteiger partial charge in [0.25, 0.3) is 5.91 Å². The molecular formula is C20H22N4O. The van der Waals surface area contributed by atoms with Crippen molar-refractivity contribution in [2.24, 2.45) is 5.92 Å². The highest BCUT2D eigenvalue weighted by Crippen LogP contribution is 2.22. The number of nitrogens with zero attached hydrogens (tertiary/aromatic N) is 4. The van der Waals surface area contributed by atoms with Crippen molar-refractivity contribution in [3.8, 4) is 0 Å². The molecule has 0 spiro atoms. The van der Waals surface area contributed by atoms with E-state index in [1.54, 1.807) is 16.8 Å². The number of aryl methyl sites for hydroxylation is 1. The molecule has 1 aromatic carbocycles. The smallest absolute Gasteiger partial charge is 0.274 e. The van der Waals surface area contributed by atoms with Gasteiger partial charge in [-0.15, -0.1) is 0 Å². The molecule has 4 rings (SSSR count). The number of rotatable bonds is 3. The molecule has 0 saturated carbocycles. The monoisotopic (exact) mass is 334 g/mol. The van der Waals surface area contributed by atoms with Crippen LogP contribution < -0.4 is 0 Å². The number of piperidine rings is 1. The fraction of sp³-hybridized carbons (Fsp3) is 0.350. The molecule has 25 heavy (non-hydrogen) atoms. The molecule has 0 unspecified atom stereocenters. The Balaban J connectivity index is 1.46. The average molecular weight is 334 g/mol. The number of carbonyl (C=O) groups excluding carboxylic acids is 1. The number of imidazole rings is 1. The van der Waals surface area contributed by atoms with Crippen molar-refractivity contribution >= 4 is 11.7 Å². The maximum Gasteiger partial charge on any atom is 0.274 e. The largest absolute Gasteiger partial charge is 0.337 e. The van der Waals surface area contributed by atoms with Gasteiger partial charge in [0, 0.05) is 31.7 Å². The lowest BCUT2D eigenvalue weighted by molar-refractivity contribution is 0.0668. The van der Waals surface area contributed by atoms with Crippen LogP contribution in [-0.2, 0) is 6.42 Å². The zero-order valence-electron chi connectivity index (χ0n) is 14.4. The fourth-order valence-electron chi connectivity index (χ4n) is 3.57. The highest BCUT2D eigenvalue weighted by atomic mass is 16.2. The molecule has 1 amide bonds. The first kappa shape index (κ1) is 15.8. The molecule has 5 nitrogen and oxygen atoms in total. The number of fused-ring (bicyclic) bond motifs is 1. The minimum Gasteiger partial charge on any atom is -0.337 e. The van der Waals surface area contributed by atoms with Crippen molar-refractivity contribution in [1.82, 2.24) is 19.3 Å². The maximum absolute atomic E-state index is 12.8. The zero-order chi connectivity index (χ0) is 17.2. The van der Waals surface area contributed by atoms with Crippen molar-refractivity contribution < 1.29 is 4.79 Å². The van der Waals surface area contributed by atoms with E-state index in [1.165, 1.54) is 17.5 Å². The van der Waals surface area contributed by atoms with Gasteiger partial charge in [0.15, 0.2) is 0 Å². The molecule has 3 aromatic rings. The number of carbonyl (C=O) groups is 1. The first-order chi connectivity index (χ1) is 12.2. The summed E-state index contributed by atoms with van der Waals surface area (Å²) in [4.78, 5) is 23.3. The Morgan fingerprint density at radius 3 is 2.92 bits per heavy atom. The Morgan fingerprint density at radius 1 is 1.28 bits per heavy atom. The lowest BCUT2D eigenvalue weighted by Gasteiger charge is -2.32. The van der Waals surface area contributed by atoms with Gasteiger partial charge in [-0.2, -0.15) is 0 Å². The Bertz CT molecular complexity index is 851. The van der Waals surface area contributed by atoms with Crippen molar-refractivity contribution in [2.45, 2.75) is 26.2 Å². The quantitative estimate of drug-likeness (QED) is 0.739. The normalized spacial score (nSPS) is 17.8. The highest BCUT2D eigenvalue weighted by Gasteiger charge is 2.26. The fourth-order valence-corrected chi connectivity index (χ4v) is 3.57. The van der Waals surface area contributed by atoms with Crippen LogP contribution in [0.3, 0.4) is 0 Å². The number of likely N-dealkylation sites (tertiary alicyclic amines) is 1. The van der Waals surface area contributed by atoms with Crippen LogP contribution in [0.1, 0.15) is 34.5 Å². The maximum atomic E-state index is 12.8. The summed E-state index contributed by atoms with van der Waals surface area (Å²) in [6.45, 7) is 3.72. The van der Waals surface area contributed by atoms with Crippen LogP contribution in [0.15, 0.2) is 48.9 Å². The molecular weight excluding hydrogens is 312 g/mol. The molecule has 0 N–H and O–H groups in total. The molecule has 1 saturated heterocycles. The topological polar surface area (TPSA) is 50.5 Å². The van der Waals surface area contributed by atoms with Crippen LogP contribution in [0.4, 0.5) is 0 Å². The standard InChI is InChI=1S/C20H22N4O/c1-15-5-7-16(8-6-15)12-17-4-2-10-23(13-17)19(25)18-14-24-11-3-9-21-20(24)22-18/h3,5-9,11,14,17H,2,4,10,12-13H2,1H3/t17-/m0/s1. The minimum absolute atomic E-state index is 0.0131. The third-order valence-electron chi connectivity index (χ3n) is 4.91. The highest BCUT2D eigenvalue weighted by molar-refractivity contribution is 5.92. The van der Waals surface area contributed by atoms with Gasteiger partial charge in [0.2, 0.25) is 5.78 Å². The first-order valence-electron chi connectivity index (χ1n) is 8.83. The lowest BCUT2D eigenvalue weighted by Crippen LogP contribution is -2.40. The minimum atomic E-state index is 0.0131. The van der Waals surface area contributed by atoms with Gasteiger partial charge in [-0.25, -0.2) is 9.97 Å². The molecule has 5 heteroatoms. The van der Waals surface area contributed by atoms with Crippen molar-refractivity contribution in [1.29, 1.82) is 0 Å². The predicted octanol–water partition coefficient (Wildman–Crippen LogP) is 3.13. The zero-order valence-corrected chi connectivity index (χ0v) is 14.4. The molecule has 0 bridgehead atoms. The van der Waals surface area contributed by atoms with Gasteiger partial charge in [0.05, 0.1) is 0 Å². The van der Waals surface area contributed by atoms with Gasteiger partial charge in [-0.05, 0) is 43.7 Å². The summed E-state index contributed by atoms with van der Waals surface area (Å²) >= 11 is 0. The second-order valence-electron chi connectivity index (χ2n) is 6.90. The summed E-state index contributed by atoms with van der Waals surface area (Å²) in [5.74, 6) is 1.09. The molecule has 3 heterocycles. The van der Waals surface area contributed by atoms with E-state index in [9.17, 15) is 4.79 Å². The van der Waals surface area contributed by atoms with Gasteiger partial charge >= 0.3 is 0 Å². The van der Waals surface area contributed by atoms with E-state index in [4.69, 9.17) is 0 Å². The van der Waals surface area contributed by atoms with Crippen LogP contribution in [0.2, 0.25) is 0 Å². The summed E-state index contributed by atoms with van der Waals surface area (Å²) in [7, 11) is 0. The first-order valence-corrected chi connectivity index (χ1v) is 8.83. The summed E-state index contributed by atoms with van der Waals surface area (Å²) in [6.07, 6.45) is 8.57. The summed E-state index contributed by atoms with van der Waals surface area (Å²) in [5.41, 5.74) is 3.11. The third-order valence-corrected chi connectivity index (χ3v) is 4.91. The SMILES string of the molecule is Cc1ccc(C[C@@H]2CCCN(C(=O)c3cn4cccnc4n3)C2)cc1. The second kappa shape index (κ2) is 6.67. The van der Waals surface area contributed by atoms with Crippen molar-refractivity contribution in [3.05, 3.63) is 65.7 Å². The summed E-state index contributed by atoms with van der Waals surface area (Å²) < 4.78 is 1.79. The molecule has 2 aromatic heterocycles. The van der Waals surface area contributed by atoms with Crippen LogP contribution >= 0.6 is 0 Å². The van der Waals surface area contributed by atoms with Crippen molar-refractivity contribution in [3.63, 3.8) is 0 Å². The molecule has 128 valence electrons. The van der Waals surface area contributed by atoms with Crippen LogP contribution in [0, 0.1) is 12.8 Å². The average Bonchev–Trinajstić information content (AvgIpc) is 3.07. The summed E-state index contributed by atoms with van der Waals surface area (Å²) in [5, 5.41) is 0. The van der Waals surface area contributed by atoms with Crippen LogP contribution in [0.25, 0.3) is 5.78 Å². The predicted molar refractivity (Wildman–Crippen MR) is 96.5 cm³/mol. The molecule has 1 aliphatic heterocycles. The van der Waals surface area contributed by atoms with E-state index in [0.29, 0.717) is 17.4 Å². The number of amides is 1. The van der Waals surface area contributed by atoms with E-state index in [-0.39, 0.29) is 5.91 Å². The van der Waals surface area contributed by atoms with Gasteiger partial charge in [-0.3, -0.25) is 9.20 Å². The molecule has 1 aliphatic rings. The van der Waals surface area contributed by atoms with Crippen molar-refractivity contribution in [2.75, 3.05) is 13.1 Å². The van der Waals surface area contributed by atoms with E-state index < -0.39 is 0 Å². The number of hydrogen-bond donors (Lipinski definition) is 0. The van der Waals surface area contributed by atoms with Gasteiger partial charge < -0.3 is 4.90 Å². The van der Waals surface area contributed by atoms with E-state index >= 15 is 0 Å². The van der Waals surface area contributed by atoms with E-state index in [2.05, 4.69) is 41.2 Å². The number of aromatic nitrogens is 3. The van der Waals surface area contributed by atoms with Crippen LogP contribution in [0.5, 0.6) is 0 Å². The molecule has 0 radical (unpaired) electrons.